The molecule has 0 fully saturated rings. The molecule has 0 spiro atoms. The summed E-state index contributed by atoms with van der Waals surface area (Å²) in [6.07, 6.45) is 3.73. The molecule has 0 atom stereocenters. The Hall–Kier alpha value is -5.81. The first-order chi connectivity index (χ1) is 20.9. The van der Waals surface area contributed by atoms with Crippen LogP contribution in [0.1, 0.15) is 0 Å². The Morgan fingerprint density at radius 2 is 1.24 bits per heavy atom. The van der Waals surface area contributed by atoms with E-state index >= 15 is 0 Å². The molecule has 4 heterocycles. The van der Waals surface area contributed by atoms with Crippen molar-refractivity contribution in [3.8, 4) is 22.9 Å². The highest BCUT2D eigenvalue weighted by molar-refractivity contribution is 6.27. The van der Waals surface area contributed by atoms with Crippen LogP contribution in [0.25, 0.3) is 77.4 Å². The van der Waals surface area contributed by atoms with Crippen LogP contribution in [0.15, 0.2) is 140 Å². The van der Waals surface area contributed by atoms with Gasteiger partial charge in [-0.3, -0.25) is 9.55 Å². The van der Waals surface area contributed by atoms with Gasteiger partial charge in [-0.1, -0.05) is 91.0 Å². The minimum Gasteiger partial charge on any atom is -0.307 e. The van der Waals surface area contributed by atoms with Crippen molar-refractivity contribution in [3.63, 3.8) is 0 Å². The van der Waals surface area contributed by atoms with Gasteiger partial charge in [0, 0.05) is 50.6 Å². The third-order valence-corrected chi connectivity index (χ3v) is 8.22. The van der Waals surface area contributed by atoms with Crippen LogP contribution in [-0.4, -0.2) is 24.1 Å². The summed E-state index contributed by atoms with van der Waals surface area (Å²) in [7, 11) is 0. The first kappa shape index (κ1) is 22.9. The number of fused-ring (bicyclic) bond motifs is 9. The molecule has 196 valence electrons. The van der Waals surface area contributed by atoms with Crippen LogP contribution in [0, 0.1) is 0 Å². The summed E-state index contributed by atoms with van der Waals surface area (Å²) < 4.78 is 4.60. The molecule has 0 unspecified atom stereocenters. The topological polar surface area (TPSA) is 48.5 Å². The van der Waals surface area contributed by atoms with E-state index in [0.29, 0.717) is 5.95 Å². The van der Waals surface area contributed by atoms with E-state index in [0.717, 1.165) is 60.7 Å². The molecule has 5 heteroatoms. The normalized spacial score (nSPS) is 11.8. The summed E-state index contributed by atoms with van der Waals surface area (Å²) in [4.78, 5) is 14.9. The summed E-state index contributed by atoms with van der Waals surface area (Å²) in [5.41, 5.74) is 8.38. The lowest BCUT2D eigenvalue weighted by atomic mass is 10.1. The van der Waals surface area contributed by atoms with Crippen molar-refractivity contribution >= 4 is 54.5 Å². The lowest BCUT2D eigenvalue weighted by Gasteiger charge is -2.12. The number of benzene rings is 5. The van der Waals surface area contributed by atoms with E-state index in [2.05, 4.69) is 106 Å². The maximum atomic E-state index is 5.15. The Bertz CT molecular complexity index is 2450. The molecule has 0 N–H and O–H groups in total. The minimum absolute atomic E-state index is 0.629. The zero-order chi connectivity index (χ0) is 27.6. The number of nitrogens with zero attached hydrogens (tertiary/aromatic N) is 5. The van der Waals surface area contributed by atoms with Crippen molar-refractivity contribution in [2.75, 3.05) is 0 Å². The predicted molar refractivity (Wildman–Crippen MR) is 171 cm³/mol. The van der Waals surface area contributed by atoms with Crippen molar-refractivity contribution in [2.45, 2.75) is 0 Å². The molecular weight excluding hydrogens is 514 g/mol. The number of hydrogen-bond acceptors (Lipinski definition) is 3. The SMILES string of the molecule is c1ccc(-c2ccnc(-n3c4ccc5cccnc5c4c4ccc5c6ccccc6n(-c6ccccc6)c5c43)n2)cc1. The summed E-state index contributed by atoms with van der Waals surface area (Å²) in [6.45, 7) is 0. The standard InChI is InChI=1S/C37H23N5/c1-3-10-24(11-4-1)30-21-23-39-37(40-30)42-32-20-17-25-12-9-22-38-34(25)33(32)29-19-18-28-27-15-7-8-16-31(27)41(35(28)36(29)42)26-13-5-2-6-14-26/h1-23H. The Kier molecular flexibility index (Phi) is 4.83. The fraction of sp³-hybridized carbons (Fsp3) is 0. The highest BCUT2D eigenvalue weighted by Crippen LogP contribution is 2.42. The average Bonchev–Trinajstić information content (AvgIpc) is 3.59. The van der Waals surface area contributed by atoms with Crippen LogP contribution >= 0.6 is 0 Å². The first-order valence-electron chi connectivity index (χ1n) is 14.0. The van der Waals surface area contributed by atoms with Crippen molar-refractivity contribution in [2.24, 2.45) is 0 Å². The molecule has 0 bridgehead atoms. The number of hydrogen-bond donors (Lipinski definition) is 0. The van der Waals surface area contributed by atoms with Gasteiger partial charge in [-0.15, -0.1) is 0 Å². The maximum absolute atomic E-state index is 5.15. The van der Waals surface area contributed by atoms with Gasteiger partial charge in [-0.25, -0.2) is 9.97 Å². The Morgan fingerprint density at radius 1 is 0.476 bits per heavy atom. The molecule has 5 nitrogen and oxygen atoms in total. The second-order valence-electron chi connectivity index (χ2n) is 10.5. The number of aromatic nitrogens is 5. The van der Waals surface area contributed by atoms with E-state index in [1.54, 1.807) is 0 Å². The lowest BCUT2D eigenvalue weighted by Crippen LogP contribution is -2.03. The van der Waals surface area contributed by atoms with E-state index in [1.165, 1.54) is 10.8 Å². The first-order valence-corrected chi connectivity index (χ1v) is 14.0. The average molecular weight is 538 g/mol. The fourth-order valence-corrected chi connectivity index (χ4v) is 6.45. The van der Waals surface area contributed by atoms with Crippen molar-refractivity contribution < 1.29 is 0 Å². The van der Waals surface area contributed by atoms with Crippen LogP contribution in [0.2, 0.25) is 0 Å². The van der Waals surface area contributed by atoms with Crippen LogP contribution < -0.4 is 0 Å². The van der Waals surface area contributed by atoms with Gasteiger partial charge in [0.2, 0.25) is 5.95 Å². The molecule has 42 heavy (non-hydrogen) atoms. The second kappa shape index (κ2) is 8.85. The largest absolute Gasteiger partial charge is 0.307 e. The molecule has 0 aliphatic carbocycles. The van der Waals surface area contributed by atoms with Gasteiger partial charge < -0.3 is 4.57 Å². The van der Waals surface area contributed by atoms with Crippen LogP contribution in [0.4, 0.5) is 0 Å². The zero-order valence-electron chi connectivity index (χ0n) is 22.5. The summed E-state index contributed by atoms with van der Waals surface area (Å²) in [5.74, 6) is 0.629. The van der Waals surface area contributed by atoms with Gasteiger partial charge >= 0.3 is 0 Å². The molecule has 9 rings (SSSR count). The summed E-state index contributed by atoms with van der Waals surface area (Å²) in [5, 5.41) is 5.71. The molecule has 0 aliphatic rings. The highest BCUT2D eigenvalue weighted by Gasteiger charge is 2.23. The number of rotatable bonds is 3. The molecule has 0 radical (unpaired) electrons. The molecule has 5 aromatic carbocycles. The Morgan fingerprint density at radius 3 is 2.12 bits per heavy atom. The van der Waals surface area contributed by atoms with E-state index in [1.807, 2.05) is 42.7 Å². The Balaban J connectivity index is 1.52. The third-order valence-electron chi connectivity index (χ3n) is 8.22. The summed E-state index contributed by atoms with van der Waals surface area (Å²) >= 11 is 0. The molecule has 9 aromatic rings. The molecular formula is C37H23N5. The van der Waals surface area contributed by atoms with Crippen LogP contribution in [0.3, 0.4) is 0 Å². The number of pyridine rings is 1. The second-order valence-corrected chi connectivity index (χ2v) is 10.5. The van der Waals surface area contributed by atoms with E-state index in [9.17, 15) is 0 Å². The molecule has 4 aromatic heterocycles. The van der Waals surface area contributed by atoms with E-state index < -0.39 is 0 Å². The van der Waals surface area contributed by atoms with E-state index in [4.69, 9.17) is 15.0 Å². The predicted octanol–water partition coefficient (Wildman–Crippen LogP) is 8.89. The monoisotopic (exact) mass is 537 g/mol. The quantitative estimate of drug-likeness (QED) is 0.226. The van der Waals surface area contributed by atoms with Gasteiger partial charge in [-0.05, 0) is 36.4 Å². The van der Waals surface area contributed by atoms with E-state index in [-0.39, 0.29) is 0 Å². The van der Waals surface area contributed by atoms with Crippen molar-refractivity contribution in [3.05, 3.63) is 140 Å². The van der Waals surface area contributed by atoms with Gasteiger partial charge in [0.25, 0.3) is 0 Å². The van der Waals surface area contributed by atoms with Gasteiger partial charge in [0.15, 0.2) is 0 Å². The summed E-state index contributed by atoms with van der Waals surface area (Å²) in [6, 6.07) is 44.4. The van der Waals surface area contributed by atoms with Crippen LogP contribution in [0.5, 0.6) is 0 Å². The smallest absolute Gasteiger partial charge is 0.235 e. The maximum Gasteiger partial charge on any atom is 0.235 e. The minimum atomic E-state index is 0.629. The zero-order valence-corrected chi connectivity index (χ0v) is 22.5. The third kappa shape index (κ3) is 3.22. The fourth-order valence-electron chi connectivity index (χ4n) is 6.45. The lowest BCUT2D eigenvalue weighted by molar-refractivity contribution is 0.992. The van der Waals surface area contributed by atoms with Gasteiger partial charge in [-0.2, -0.15) is 0 Å². The van der Waals surface area contributed by atoms with Gasteiger partial charge in [0.05, 0.1) is 33.3 Å². The van der Waals surface area contributed by atoms with Crippen molar-refractivity contribution in [1.29, 1.82) is 0 Å². The molecule has 0 aliphatic heterocycles. The Labute approximate surface area is 241 Å². The van der Waals surface area contributed by atoms with Crippen LogP contribution in [-0.2, 0) is 0 Å². The van der Waals surface area contributed by atoms with Crippen molar-refractivity contribution in [1.82, 2.24) is 24.1 Å². The number of para-hydroxylation sites is 2. The highest BCUT2D eigenvalue weighted by atomic mass is 15.2. The van der Waals surface area contributed by atoms with Gasteiger partial charge in [0.1, 0.15) is 0 Å². The molecule has 0 amide bonds. The molecule has 0 saturated carbocycles. The molecule has 0 saturated heterocycles.